The monoisotopic (exact) mass is 268 g/mol. The van der Waals surface area contributed by atoms with E-state index in [1.54, 1.807) is 0 Å². The molecular weight excluding hydrogens is 248 g/mol. The normalized spacial score (nSPS) is 19.3. The predicted molar refractivity (Wildman–Crippen MR) is 81.2 cm³/mol. The average molecular weight is 268 g/mol. The molecule has 1 heterocycles. The van der Waals surface area contributed by atoms with Gasteiger partial charge in [0.15, 0.2) is 0 Å². The summed E-state index contributed by atoms with van der Waals surface area (Å²) in [7, 11) is 0. The van der Waals surface area contributed by atoms with Crippen molar-refractivity contribution in [3.8, 4) is 11.5 Å². The molecule has 1 aliphatic heterocycles. The van der Waals surface area contributed by atoms with Gasteiger partial charge in [-0.1, -0.05) is 30.3 Å². The predicted octanol–water partition coefficient (Wildman–Crippen LogP) is 3.10. The minimum atomic E-state index is 0.392. The van der Waals surface area contributed by atoms with Gasteiger partial charge in [-0.05, 0) is 49.3 Å². The Hall–Kier alpha value is -1.84. The van der Waals surface area contributed by atoms with Crippen LogP contribution in [-0.2, 0) is 0 Å². The van der Waals surface area contributed by atoms with Crippen LogP contribution >= 0.6 is 0 Å². The van der Waals surface area contributed by atoms with Gasteiger partial charge in [0.05, 0.1) is 0 Å². The lowest BCUT2D eigenvalue weighted by molar-refractivity contribution is 0.481. The molecule has 1 saturated heterocycles. The molecule has 0 spiro atoms. The molecule has 0 aromatic heterocycles. The Kier molecular flexibility index (Phi) is 4.31. The molecule has 0 aliphatic carbocycles. The third-order valence-electron chi connectivity index (χ3n) is 3.53. The van der Waals surface area contributed by atoms with Crippen LogP contribution < -0.4 is 15.4 Å². The number of hydrogen-bond donors (Lipinski definition) is 2. The molecule has 1 unspecified atom stereocenters. The van der Waals surface area contributed by atoms with Crippen molar-refractivity contribution in [2.45, 2.75) is 12.5 Å². The van der Waals surface area contributed by atoms with Crippen molar-refractivity contribution in [1.82, 2.24) is 10.6 Å². The van der Waals surface area contributed by atoms with Gasteiger partial charge >= 0.3 is 0 Å². The molecule has 1 aliphatic rings. The highest BCUT2D eigenvalue weighted by Crippen LogP contribution is 2.23. The van der Waals surface area contributed by atoms with E-state index in [0.29, 0.717) is 6.04 Å². The maximum absolute atomic E-state index is 5.81. The van der Waals surface area contributed by atoms with Crippen molar-refractivity contribution in [2.24, 2.45) is 0 Å². The zero-order chi connectivity index (χ0) is 13.6. The van der Waals surface area contributed by atoms with Crippen molar-refractivity contribution in [3.63, 3.8) is 0 Å². The fourth-order valence-corrected chi connectivity index (χ4v) is 2.44. The molecule has 1 fully saturated rings. The lowest BCUT2D eigenvalue weighted by Crippen LogP contribution is -2.27. The minimum Gasteiger partial charge on any atom is -0.457 e. The van der Waals surface area contributed by atoms with E-state index in [0.717, 1.165) is 31.1 Å². The SMILES string of the molecule is c1ccc(Oc2ccc(C3CNCCCN3)cc2)cc1. The summed E-state index contributed by atoms with van der Waals surface area (Å²) in [5.74, 6) is 1.75. The summed E-state index contributed by atoms with van der Waals surface area (Å²) >= 11 is 0. The van der Waals surface area contributed by atoms with E-state index in [2.05, 4.69) is 22.8 Å². The third-order valence-corrected chi connectivity index (χ3v) is 3.53. The minimum absolute atomic E-state index is 0.392. The molecule has 2 aromatic rings. The molecule has 0 saturated carbocycles. The van der Waals surface area contributed by atoms with Crippen molar-refractivity contribution >= 4 is 0 Å². The summed E-state index contributed by atoms with van der Waals surface area (Å²) in [5, 5.41) is 7.02. The zero-order valence-corrected chi connectivity index (χ0v) is 11.5. The first-order chi connectivity index (χ1) is 9.92. The molecular formula is C17H20N2O. The van der Waals surface area contributed by atoms with E-state index in [9.17, 15) is 0 Å². The van der Waals surface area contributed by atoms with Crippen molar-refractivity contribution in [1.29, 1.82) is 0 Å². The Labute approximate surface area is 120 Å². The quantitative estimate of drug-likeness (QED) is 0.897. The van der Waals surface area contributed by atoms with Crippen LogP contribution in [0.1, 0.15) is 18.0 Å². The number of benzene rings is 2. The van der Waals surface area contributed by atoms with Gasteiger partial charge in [0.1, 0.15) is 11.5 Å². The van der Waals surface area contributed by atoms with Gasteiger partial charge in [0.25, 0.3) is 0 Å². The zero-order valence-electron chi connectivity index (χ0n) is 11.5. The fourth-order valence-electron chi connectivity index (χ4n) is 2.44. The number of para-hydroxylation sites is 1. The van der Waals surface area contributed by atoms with Crippen LogP contribution in [-0.4, -0.2) is 19.6 Å². The van der Waals surface area contributed by atoms with Gasteiger partial charge in [0, 0.05) is 12.6 Å². The van der Waals surface area contributed by atoms with E-state index >= 15 is 0 Å². The molecule has 20 heavy (non-hydrogen) atoms. The van der Waals surface area contributed by atoms with E-state index < -0.39 is 0 Å². The maximum atomic E-state index is 5.81. The molecule has 1 atom stereocenters. The molecule has 0 amide bonds. The second kappa shape index (κ2) is 6.55. The van der Waals surface area contributed by atoms with Gasteiger partial charge in [-0.25, -0.2) is 0 Å². The van der Waals surface area contributed by atoms with Crippen molar-refractivity contribution in [3.05, 3.63) is 60.2 Å². The second-order valence-corrected chi connectivity index (χ2v) is 5.05. The van der Waals surface area contributed by atoms with E-state index in [-0.39, 0.29) is 0 Å². The van der Waals surface area contributed by atoms with Crippen LogP contribution in [0.4, 0.5) is 0 Å². The Morgan fingerprint density at radius 3 is 2.40 bits per heavy atom. The first kappa shape index (κ1) is 13.2. The Balaban J connectivity index is 1.67. The van der Waals surface area contributed by atoms with Crippen LogP contribution in [0.25, 0.3) is 0 Å². The van der Waals surface area contributed by atoms with Crippen LogP contribution in [0.3, 0.4) is 0 Å². The molecule has 2 aromatic carbocycles. The Morgan fingerprint density at radius 2 is 1.60 bits per heavy atom. The topological polar surface area (TPSA) is 33.3 Å². The summed E-state index contributed by atoms with van der Waals surface area (Å²) in [6.07, 6.45) is 1.19. The summed E-state index contributed by atoms with van der Waals surface area (Å²) in [4.78, 5) is 0. The molecule has 3 rings (SSSR count). The number of ether oxygens (including phenoxy) is 1. The summed E-state index contributed by atoms with van der Waals surface area (Å²) in [5.41, 5.74) is 1.31. The van der Waals surface area contributed by atoms with Gasteiger partial charge in [-0.2, -0.15) is 0 Å². The van der Waals surface area contributed by atoms with Crippen LogP contribution in [0.15, 0.2) is 54.6 Å². The second-order valence-electron chi connectivity index (χ2n) is 5.05. The first-order valence-electron chi connectivity index (χ1n) is 7.19. The number of rotatable bonds is 3. The van der Waals surface area contributed by atoms with Gasteiger partial charge in [-0.15, -0.1) is 0 Å². The molecule has 3 heteroatoms. The third kappa shape index (κ3) is 3.38. The van der Waals surface area contributed by atoms with Crippen LogP contribution in [0.5, 0.6) is 11.5 Å². The molecule has 3 nitrogen and oxygen atoms in total. The van der Waals surface area contributed by atoms with E-state index in [4.69, 9.17) is 4.74 Å². The average Bonchev–Trinajstić information content (AvgIpc) is 2.78. The number of hydrogen-bond acceptors (Lipinski definition) is 3. The molecule has 104 valence electrons. The Morgan fingerprint density at radius 1 is 0.850 bits per heavy atom. The first-order valence-corrected chi connectivity index (χ1v) is 7.19. The largest absolute Gasteiger partial charge is 0.457 e. The Bertz CT molecular complexity index is 516. The smallest absolute Gasteiger partial charge is 0.127 e. The highest BCUT2D eigenvalue weighted by atomic mass is 16.5. The van der Waals surface area contributed by atoms with E-state index in [1.807, 2.05) is 42.5 Å². The summed E-state index contributed by atoms with van der Waals surface area (Å²) in [6, 6.07) is 18.6. The lowest BCUT2D eigenvalue weighted by atomic mass is 10.1. The highest BCUT2D eigenvalue weighted by molar-refractivity contribution is 5.34. The lowest BCUT2D eigenvalue weighted by Gasteiger charge is -2.16. The van der Waals surface area contributed by atoms with Crippen molar-refractivity contribution < 1.29 is 4.74 Å². The van der Waals surface area contributed by atoms with Crippen LogP contribution in [0.2, 0.25) is 0 Å². The van der Waals surface area contributed by atoms with Crippen molar-refractivity contribution in [2.75, 3.05) is 19.6 Å². The molecule has 0 radical (unpaired) electrons. The summed E-state index contributed by atoms with van der Waals surface area (Å²) in [6.45, 7) is 3.15. The standard InChI is InChI=1S/C17H20N2O/c1-2-5-15(6-3-1)20-16-9-7-14(8-10-16)17-13-18-11-4-12-19-17/h1-3,5-10,17-19H,4,11-13H2. The van der Waals surface area contributed by atoms with Gasteiger partial charge < -0.3 is 15.4 Å². The van der Waals surface area contributed by atoms with Gasteiger partial charge in [-0.3, -0.25) is 0 Å². The highest BCUT2D eigenvalue weighted by Gasteiger charge is 2.12. The van der Waals surface area contributed by atoms with Gasteiger partial charge in [0.2, 0.25) is 0 Å². The van der Waals surface area contributed by atoms with Crippen LogP contribution in [0, 0.1) is 0 Å². The molecule has 0 bridgehead atoms. The fraction of sp³-hybridized carbons (Fsp3) is 0.294. The molecule has 2 N–H and O–H groups in total. The number of nitrogens with one attached hydrogen (secondary N) is 2. The maximum Gasteiger partial charge on any atom is 0.127 e. The van der Waals surface area contributed by atoms with E-state index in [1.165, 1.54) is 12.0 Å². The summed E-state index contributed by atoms with van der Waals surface area (Å²) < 4.78 is 5.81.